The van der Waals surface area contributed by atoms with E-state index in [1.807, 2.05) is 60.7 Å². The van der Waals surface area contributed by atoms with Crippen LogP contribution in [-0.2, 0) is 55.0 Å². The maximum atomic E-state index is 14.0. The number of benzene rings is 3. The van der Waals surface area contributed by atoms with Crippen LogP contribution < -0.4 is 48.7 Å². The molecule has 1 aliphatic carbocycles. The first-order chi connectivity index (χ1) is 44.4. The summed E-state index contributed by atoms with van der Waals surface area (Å²) in [6.45, 7) is 8.13. The summed E-state index contributed by atoms with van der Waals surface area (Å²) >= 11 is 0. The molecule has 3 aromatic rings. The molecule has 4 aliphatic rings. The smallest absolute Gasteiger partial charge is 0.326 e. The highest BCUT2D eigenvalue weighted by Crippen LogP contribution is 2.51. The van der Waals surface area contributed by atoms with E-state index in [4.69, 9.17) is 17.2 Å². The van der Waals surface area contributed by atoms with Crippen molar-refractivity contribution in [1.29, 1.82) is 0 Å². The summed E-state index contributed by atoms with van der Waals surface area (Å²) < 4.78 is 2.17. The molecule has 93 heavy (non-hydrogen) atoms. The standard InChI is InChI=1S/C68H88N12O13/c1-67(2)53(26-9-7-5-6-8-10-27-54-68(3,4)60-45-22-14-12-20-43(45)29-31-51(60)79(54)38-33-57(84)85)78(50-30-28-42-19-11-13-21-44(42)59(50)67)37-32-55(82)73-40-56(83)74-46(24-17-35-72-66(70)71)61(88)76-48(39-58(86)87)62(89)77-49(41-81)64(91)80-36-18-25-52(80)63(90)75-47(65(92)93)23-15-16-34-69/h5-14,19-22,26-28,30-31,46-49,52-53,60,81H,15-18,23-25,29,32-41,69H2,1-4H3,(H11-,70,71,72,73,74,75,76,77,82,83,84,85,86,87,88,89,90,92,93)/p+1/b7-5+,8-6+,26-9+,27-10+. The van der Waals surface area contributed by atoms with E-state index in [1.54, 1.807) is 0 Å². The van der Waals surface area contributed by atoms with Crippen molar-refractivity contribution in [2.45, 2.75) is 146 Å². The molecule has 0 spiro atoms. The van der Waals surface area contributed by atoms with Gasteiger partial charge in [-0.2, -0.15) is 4.58 Å². The number of aliphatic hydroxyl groups is 1. The average molecular weight is 1280 g/mol. The second kappa shape index (κ2) is 32.7. The number of likely N-dealkylation sites (tertiary alicyclic amines) is 1. The van der Waals surface area contributed by atoms with Crippen LogP contribution in [0.15, 0.2) is 126 Å². The number of aliphatic carboxylic acids is 3. The van der Waals surface area contributed by atoms with E-state index in [2.05, 4.69) is 123 Å². The lowest BCUT2D eigenvalue weighted by Gasteiger charge is -2.32. The van der Waals surface area contributed by atoms with Crippen molar-refractivity contribution >= 4 is 81.5 Å². The lowest BCUT2D eigenvalue weighted by atomic mass is 9.69. The number of rotatable bonds is 33. The Morgan fingerprint density at radius 1 is 0.742 bits per heavy atom. The molecule has 0 saturated carbocycles. The summed E-state index contributed by atoms with van der Waals surface area (Å²) in [7, 11) is 0. The molecule has 15 N–H and O–H groups in total. The number of carboxylic acids is 3. The first kappa shape index (κ1) is 71.0. The summed E-state index contributed by atoms with van der Waals surface area (Å²) in [6.07, 6.45) is 19.3. The van der Waals surface area contributed by atoms with Crippen molar-refractivity contribution in [2.24, 2.45) is 27.6 Å². The van der Waals surface area contributed by atoms with E-state index < -0.39 is 109 Å². The molecule has 7 unspecified atom stereocenters. The Hall–Kier alpha value is -9.49. The fourth-order valence-corrected chi connectivity index (χ4v) is 13.1. The lowest BCUT2D eigenvalue weighted by Crippen LogP contribution is -2.60. The number of hydrogen-bond acceptors (Lipinski definition) is 13. The number of nitrogens with two attached hydrogens (primary N) is 3. The Bertz CT molecular complexity index is 3510. The molecule has 7 atom stereocenters. The van der Waals surface area contributed by atoms with Crippen LogP contribution in [0.5, 0.6) is 0 Å². The van der Waals surface area contributed by atoms with Crippen molar-refractivity contribution in [3.63, 3.8) is 0 Å². The van der Waals surface area contributed by atoms with E-state index in [-0.39, 0.29) is 81.5 Å². The molecule has 0 bridgehead atoms. The summed E-state index contributed by atoms with van der Waals surface area (Å²) in [6, 6.07) is 13.0. The lowest BCUT2D eigenvalue weighted by molar-refractivity contribution is -0.472. The van der Waals surface area contributed by atoms with Gasteiger partial charge in [0, 0.05) is 43.2 Å². The van der Waals surface area contributed by atoms with Gasteiger partial charge in [0.2, 0.25) is 35.4 Å². The minimum absolute atomic E-state index is 0.00696. The Kier molecular flexibility index (Phi) is 24.9. The Morgan fingerprint density at radius 3 is 2.14 bits per heavy atom. The van der Waals surface area contributed by atoms with Gasteiger partial charge >= 0.3 is 17.9 Å². The molecule has 3 aliphatic heterocycles. The van der Waals surface area contributed by atoms with Gasteiger partial charge in [-0.25, -0.2) is 4.79 Å². The predicted octanol–water partition coefficient (Wildman–Crippen LogP) is 2.89. The first-order valence-corrected chi connectivity index (χ1v) is 31.6. The second-order valence-electron chi connectivity index (χ2n) is 24.8. The Morgan fingerprint density at radius 2 is 1.43 bits per heavy atom. The maximum Gasteiger partial charge on any atom is 0.326 e. The van der Waals surface area contributed by atoms with Crippen LogP contribution >= 0.6 is 0 Å². The fourth-order valence-electron chi connectivity index (χ4n) is 13.1. The highest BCUT2D eigenvalue weighted by atomic mass is 16.4. The number of fused-ring (bicyclic) bond motifs is 6. The third-order valence-corrected chi connectivity index (χ3v) is 17.6. The SMILES string of the molecule is CC1(C)C(/C=C/C=C/C=C/C=C/C2N(CCC(=O)NCC(=O)NC(CCCN=C(N)N)C(=O)NC(CC(=O)O)C(=O)NC(CO)C(=O)N3CCCC3C(=O)NC(CCCCN)C(=O)O)c3ccc4ccccc4c3C2(C)C)=[N+](CCC(=O)O)C2=CCc3ccccc3C21. The highest BCUT2D eigenvalue weighted by Gasteiger charge is 2.53. The van der Waals surface area contributed by atoms with Crippen molar-refractivity contribution < 1.29 is 68.2 Å². The minimum atomic E-state index is -1.86. The normalized spacial score (nSPS) is 19.2. The number of amides is 6. The zero-order valence-corrected chi connectivity index (χ0v) is 53.2. The molecule has 6 amide bonds. The second-order valence-corrected chi connectivity index (χ2v) is 24.8. The molecular formula is C68H89N12O13+. The van der Waals surface area contributed by atoms with Crippen molar-refractivity contribution in [1.82, 2.24) is 31.5 Å². The molecule has 1 fully saturated rings. The van der Waals surface area contributed by atoms with Gasteiger partial charge < -0.3 is 74.0 Å². The van der Waals surface area contributed by atoms with Crippen molar-refractivity contribution in [3.8, 4) is 0 Å². The number of nitrogens with zero attached hydrogens (tertiary/aromatic N) is 4. The van der Waals surface area contributed by atoms with Crippen LogP contribution in [0.25, 0.3) is 10.8 Å². The molecule has 498 valence electrons. The third kappa shape index (κ3) is 18.0. The average Bonchev–Trinajstić information content (AvgIpc) is 1.59. The van der Waals surface area contributed by atoms with Crippen LogP contribution in [0.4, 0.5) is 5.69 Å². The van der Waals surface area contributed by atoms with Crippen LogP contribution in [0.1, 0.15) is 115 Å². The van der Waals surface area contributed by atoms with Crippen LogP contribution in [0, 0.1) is 5.41 Å². The first-order valence-electron chi connectivity index (χ1n) is 31.6. The topological polar surface area (TPSA) is 395 Å². The number of guanidine groups is 1. The largest absolute Gasteiger partial charge is 0.481 e. The van der Waals surface area contributed by atoms with Gasteiger partial charge in [-0.3, -0.25) is 43.3 Å². The number of anilines is 1. The summed E-state index contributed by atoms with van der Waals surface area (Å²) in [4.78, 5) is 125. The fraction of sp³-hybridized carbons (Fsp3) is 0.456. The van der Waals surface area contributed by atoms with E-state index in [0.29, 0.717) is 32.4 Å². The maximum absolute atomic E-state index is 14.0. The van der Waals surface area contributed by atoms with Gasteiger partial charge in [-0.05, 0) is 111 Å². The quantitative estimate of drug-likeness (QED) is 0.0137. The molecule has 7 rings (SSSR count). The third-order valence-electron chi connectivity index (χ3n) is 17.6. The van der Waals surface area contributed by atoms with Gasteiger partial charge in [0.25, 0.3) is 0 Å². The molecule has 1 saturated heterocycles. The van der Waals surface area contributed by atoms with Crippen LogP contribution in [-0.4, -0.2) is 177 Å². The monoisotopic (exact) mass is 1280 g/mol. The van der Waals surface area contributed by atoms with Gasteiger partial charge in [0.05, 0.1) is 36.9 Å². The van der Waals surface area contributed by atoms with E-state index in [1.165, 1.54) is 11.1 Å². The zero-order valence-electron chi connectivity index (χ0n) is 53.2. The molecule has 0 radical (unpaired) electrons. The summed E-state index contributed by atoms with van der Waals surface area (Å²) in [5.41, 5.74) is 22.6. The molecule has 3 heterocycles. The van der Waals surface area contributed by atoms with E-state index in [9.17, 15) is 63.6 Å². The Balaban J connectivity index is 0.989. The van der Waals surface area contributed by atoms with Crippen LogP contribution in [0.3, 0.4) is 0 Å². The number of aliphatic imine (C=N–C) groups is 1. The number of carbonyl (C=O) groups excluding carboxylic acids is 6. The highest BCUT2D eigenvalue weighted by molar-refractivity contribution is 6.00. The molecular weight excluding hydrogens is 1190 g/mol. The predicted molar refractivity (Wildman–Crippen MR) is 352 cm³/mol. The van der Waals surface area contributed by atoms with Gasteiger partial charge in [-0.1, -0.05) is 111 Å². The number of nitrogens with one attached hydrogen (secondary N) is 5. The summed E-state index contributed by atoms with van der Waals surface area (Å²) in [5.74, 6) is -8.98. The molecule has 3 aromatic carbocycles. The number of hydrogen-bond donors (Lipinski definition) is 12. The molecule has 25 heteroatoms. The van der Waals surface area contributed by atoms with Gasteiger partial charge in [0.1, 0.15) is 36.6 Å². The summed E-state index contributed by atoms with van der Waals surface area (Å²) in [5, 5.41) is 53.9. The number of unbranched alkanes of at least 4 members (excludes halogenated alkanes) is 1. The van der Waals surface area contributed by atoms with E-state index >= 15 is 0 Å². The van der Waals surface area contributed by atoms with Crippen LogP contribution in [0.2, 0.25) is 0 Å². The zero-order chi connectivity index (χ0) is 67.6. The number of aliphatic hydroxyl groups excluding tert-OH is 1. The number of carboxylic acid groups (broad SMARTS) is 3. The van der Waals surface area contributed by atoms with Gasteiger partial charge in [-0.15, -0.1) is 0 Å². The van der Waals surface area contributed by atoms with Crippen molar-refractivity contribution in [3.05, 3.63) is 138 Å². The molecule has 0 aromatic heterocycles. The minimum Gasteiger partial charge on any atom is -0.481 e. The number of carbonyl (C=O) groups is 9. The van der Waals surface area contributed by atoms with Crippen molar-refractivity contribution in [2.75, 3.05) is 50.8 Å². The Labute approximate surface area is 541 Å². The van der Waals surface area contributed by atoms with E-state index in [0.717, 1.165) is 44.8 Å². The molecule has 25 nitrogen and oxygen atoms in total. The number of allylic oxidation sites excluding steroid dienone is 9. The van der Waals surface area contributed by atoms with Gasteiger partial charge in [0.15, 0.2) is 23.9 Å².